The molecule has 10 nitrogen and oxygen atoms in total. The fourth-order valence-electron chi connectivity index (χ4n) is 3.62. The molecular weight excluding hydrogens is 672 g/mol. The molecule has 0 bridgehead atoms. The van der Waals surface area contributed by atoms with Gasteiger partial charge in [0, 0.05) is 26.2 Å². The van der Waals surface area contributed by atoms with Crippen molar-refractivity contribution in [2.45, 2.75) is 61.3 Å². The Balaban J connectivity index is -0.000000708. The third-order valence-electron chi connectivity index (χ3n) is 5.76. The number of hydrogen-bond acceptors (Lipinski definition) is 8. The van der Waals surface area contributed by atoms with Crippen LogP contribution in [-0.4, -0.2) is 46.0 Å². The minimum Gasteiger partial charge on any atom is -0.384 e. The normalized spacial score (nSPS) is 9.96. The van der Waals surface area contributed by atoms with Gasteiger partial charge in [0.15, 0.2) is 11.4 Å². The van der Waals surface area contributed by atoms with E-state index in [0.717, 1.165) is 26.6 Å². The lowest BCUT2D eigenvalue weighted by Crippen LogP contribution is -2.15. The van der Waals surface area contributed by atoms with E-state index in [1.165, 1.54) is 29.2 Å². The molecule has 272 valence electrons. The molecule has 0 unspecified atom stereocenters. The van der Waals surface area contributed by atoms with Crippen molar-refractivity contribution in [2.24, 2.45) is 0 Å². The predicted molar refractivity (Wildman–Crippen MR) is 165 cm³/mol. The minimum atomic E-state index is -4.61. The first kappa shape index (κ1) is 48.1. The van der Waals surface area contributed by atoms with Crippen molar-refractivity contribution in [1.82, 2.24) is 19.6 Å². The van der Waals surface area contributed by atoms with E-state index in [1.807, 2.05) is 13.8 Å². The topological polar surface area (TPSA) is 133 Å². The van der Waals surface area contributed by atoms with Crippen LogP contribution in [0.25, 0.3) is 11.4 Å². The fourth-order valence-corrected chi connectivity index (χ4v) is 3.62. The lowest BCUT2D eigenvalue weighted by molar-refractivity contribution is -0.193. The molecule has 18 heteroatoms. The third kappa shape index (κ3) is 13.4. The van der Waals surface area contributed by atoms with Crippen molar-refractivity contribution in [3.05, 3.63) is 82.7 Å². The van der Waals surface area contributed by atoms with E-state index in [1.54, 1.807) is 26.2 Å². The van der Waals surface area contributed by atoms with Gasteiger partial charge in [-0.2, -0.15) is 55.7 Å². The number of nitrogens with two attached hydrogens (primary N) is 1. The first-order valence-corrected chi connectivity index (χ1v) is 12.7. The van der Waals surface area contributed by atoms with Gasteiger partial charge in [-0.05, 0) is 48.2 Å². The number of rotatable bonds is 5. The molecule has 0 fully saturated rings. The molecule has 0 saturated carbocycles. The van der Waals surface area contributed by atoms with Crippen LogP contribution in [0, 0.1) is 11.6 Å². The molecule has 0 amide bonds. The van der Waals surface area contributed by atoms with E-state index in [4.69, 9.17) is 24.9 Å². The Morgan fingerprint density at radius 2 is 1.02 bits per heavy atom. The maximum atomic E-state index is 14.1. The van der Waals surface area contributed by atoms with E-state index in [-0.39, 0.29) is 57.6 Å². The highest BCUT2D eigenvalue weighted by Crippen LogP contribution is 2.33. The number of aromatic nitrogens is 4. The highest BCUT2D eigenvalue weighted by atomic mass is 19.4. The van der Waals surface area contributed by atoms with Crippen molar-refractivity contribution in [3.8, 4) is 11.4 Å². The molecule has 4 aromatic rings. The molecule has 49 heavy (non-hydrogen) atoms. The highest BCUT2D eigenvalue weighted by molar-refractivity contribution is 5.49. The fraction of sp³-hybridized carbons (Fsp3) is 0.355. The molecule has 4 rings (SSSR count). The Labute approximate surface area is 278 Å². The summed E-state index contributed by atoms with van der Waals surface area (Å²) in [5.41, 5.74) is 4.64. The van der Waals surface area contributed by atoms with E-state index < -0.39 is 35.4 Å². The number of anilines is 2. The lowest BCUT2D eigenvalue weighted by atomic mass is 10.1. The zero-order chi connectivity index (χ0) is 35.4. The van der Waals surface area contributed by atoms with Gasteiger partial charge < -0.3 is 10.6 Å². The highest BCUT2D eigenvalue weighted by Gasteiger charge is 2.36. The Kier molecular flexibility index (Phi) is 20.4. The Morgan fingerprint density at radius 3 is 1.33 bits per heavy atom. The van der Waals surface area contributed by atoms with Crippen LogP contribution in [0.1, 0.15) is 58.6 Å². The van der Waals surface area contributed by atoms with E-state index >= 15 is 0 Å². The van der Waals surface area contributed by atoms with Gasteiger partial charge in [0.2, 0.25) is 0 Å². The Morgan fingerprint density at radius 1 is 0.673 bits per heavy atom. The number of nitrogens with zero attached hydrogens (tertiary/aromatic N) is 5. The SMILES string of the molecule is C.C.C.CCc1ccc(-n2nc(C(F)(F)F)cc2N(C)C)c(F)c1.CCc1ccc(-n2nc(C(F)(F)F)cc2N)c(F)c1.O=C=O.O=C=O. The summed E-state index contributed by atoms with van der Waals surface area (Å²) < 4.78 is 105. The molecule has 2 heterocycles. The van der Waals surface area contributed by atoms with Crippen molar-refractivity contribution >= 4 is 23.9 Å². The molecule has 2 aromatic carbocycles. The second kappa shape index (κ2) is 20.8. The van der Waals surface area contributed by atoms with Crippen LogP contribution in [0.3, 0.4) is 0 Å². The number of benzene rings is 2. The summed E-state index contributed by atoms with van der Waals surface area (Å²) in [6.07, 6.45) is -7.42. The van der Waals surface area contributed by atoms with Crippen molar-refractivity contribution < 1.29 is 54.3 Å². The minimum absolute atomic E-state index is 0. The number of hydrogen-bond donors (Lipinski definition) is 1. The summed E-state index contributed by atoms with van der Waals surface area (Å²) in [5.74, 6) is -1.38. The second-order valence-electron chi connectivity index (χ2n) is 9.00. The standard InChI is InChI=1S/C14H15F4N3.C12H11F4N3.2CO2.3CH4/c1-4-9-5-6-11(10(15)7-9)21-13(20(2)3)8-12(19-21)14(16,17)18;1-2-7-3-4-9(8(13)5-7)19-11(17)6-10(18-19)12(14,15)16;2*2-1-3;;;/h5-8H,4H2,1-3H3;3-6H,2,17H2,1H3;;;3*1H4. The lowest BCUT2D eigenvalue weighted by Gasteiger charge is -2.15. The van der Waals surface area contributed by atoms with Gasteiger partial charge in [0.1, 0.15) is 34.6 Å². The number of carbonyl (C=O) groups excluding carboxylic acids is 4. The van der Waals surface area contributed by atoms with Crippen molar-refractivity contribution in [3.63, 3.8) is 0 Å². The zero-order valence-corrected chi connectivity index (χ0v) is 24.5. The first-order chi connectivity index (χ1) is 21.4. The van der Waals surface area contributed by atoms with Gasteiger partial charge in [-0.1, -0.05) is 48.3 Å². The van der Waals surface area contributed by atoms with Crippen LogP contribution in [-0.2, 0) is 44.4 Å². The molecule has 0 saturated heterocycles. The molecule has 0 spiro atoms. The van der Waals surface area contributed by atoms with E-state index in [9.17, 15) is 35.1 Å². The summed E-state index contributed by atoms with van der Waals surface area (Å²) >= 11 is 0. The first-order valence-electron chi connectivity index (χ1n) is 12.7. The quantitative estimate of drug-likeness (QED) is 0.210. The van der Waals surface area contributed by atoms with Crippen LogP contribution < -0.4 is 10.6 Å². The average Bonchev–Trinajstić information content (AvgIpc) is 3.59. The molecule has 0 aliphatic carbocycles. The molecule has 2 aromatic heterocycles. The van der Waals surface area contributed by atoms with Crippen LogP contribution >= 0.6 is 0 Å². The maximum Gasteiger partial charge on any atom is 0.435 e. The van der Waals surface area contributed by atoms with Crippen LogP contribution in [0.5, 0.6) is 0 Å². The monoisotopic (exact) mass is 710 g/mol. The van der Waals surface area contributed by atoms with Gasteiger partial charge >= 0.3 is 24.7 Å². The number of halogens is 8. The summed E-state index contributed by atoms with van der Waals surface area (Å²) in [5, 5.41) is 6.79. The number of nitrogen functional groups attached to an aromatic ring is 1. The predicted octanol–water partition coefficient (Wildman–Crippen LogP) is 7.57. The summed E-state index contributed by atoms with van der Waals surface area (Å²) in [6, 6.07) is 10.2. The Bertz CT molecular complexity index is 1660. The summed E-state index contributed by atoms with van der Waals surface area (Å²) in [6.45, 7) is 3.72. The second-order valence-corrected chi connectivity index (χ2v) is 9.00. The molecule has 0 atom stereocenters. The van der Waals surface area contributed by atoms with Crippen LogP contribution in [0.2, 0.25) is 0 Å². The third-order valence-corrected chi connectivity index (χ3v) is 5.76. The van der Waals surface area contributed by atoms with Gasteiger partial charge in [-0.3, -0.25) is 0 Å². The summed E-state index contributed by atoms with van der Waals surface area (Å²) in [7, 11) is 3.15. The van der Waals surface area contributed by atoms with Crippen LogP contribution in [0.15, 0.2) is 48.5 Å². The van der Waals surface area contributed by atoms with Gasteiger partial charge in [-0.25, -0.2) is 18.1 Å². The summed E-state index contributed by atoms with van der Waals surface area (Å²) in [4.78, 5) is 34.0. The Hall–Kier alpha value is -5.34. The zero-order valence-electron chi connectivity index (χ0n) is 24.5. The van der Waals surface area contributed by atoms with Crippen LogP contribution in [0.4, 0.5) is 46.8 Å². The van der Waals surface area contributed by atoms with E-state index in [0.29, 0.717) is 18.9 Å². The van der Waals surface area contributed by atoms with Gasteiger partial charge in [0.05, 0.1) is 0 Å². The molecular formula is C31H38F8N6O4. The van der Waals surface area contributed by atoms with Gasteiger partial charge in [-0.15, -0.1) is 0 Å². The molecule has 0 aliphatic rings. The average molecular weight is 711 g/mol. The maximum absolute atomic E-state index is 14.1. The molecule has 0 aliphatic heterocycles. The smallest absolute Gasteiger partial charge is 0.384 e. The van der Waals surface area contributed by atoms with Crippen molar-refractivity contribution in [1.29, 1.82) is 0 Å². The molecule has 0 radical (unpaired) electrons. The number of alkyl halides is 6. The van der Waals surface area contributed by atoms with Gasteiger partial charge in [0.25, 0.3) is 0 Å². The molecule has 2 N–H and O–H groups in total. The van der Waals surface area contributed by atoms with Crippen molar-refractivity contribution in [2.75, 3.05) is 24.7 Å². The van der Waals surface area contributed by atoms with E-state index in [2.05, 4.69) is 10.2 Å². The number of aryl methyl sites for hydroxylation is 2. The largest absolute Gasteiger partial charge is 0.435 e.